The van der Waals surface area contributed by atoms with Gasteiger partial charge in [-0.25, -0.2) is 14.0 Å². The van der Waals surface area contributed by atoms with Gasteiger partial charge in [-0.05, 0) is 20.8 Å². The Bertz CT molecular complexity index is 339. The Labute approximate surface area is 106 Å². The summed E-state index contributed by atoms with van der Waals surface area (Å²) in [5.74, 6) is -1.58. The number of carbonyl (C=O) groups excluding carboxylic acids is 1. The van der Waals surface area contributed by atoms with E-state index in [2.05, 4.69) is 0 Å². The van der Waals surface area contributed by atoms with Crippen LogP contribution in [-0.2, 0) is 9.53 Å². The molecule has 3 unspecified atom stereocenters. The van der Waals surface area contributed by atoms with Crippen molar-refractivity contribution in [3.05, 3.63) is 0 Å². The van der Waals surface area contributed by atoms with Gasteiger partial charge in [-0.2, -0.15) is 0 Å². The molecule has 3 atom stereocenters. The topological polar surface area (TPSA) is 66.8 Å². The van der Waals surface area contributed by atoms with Crippen LogP contribution in [0, 0.1) is 5.92 Å². The van der Waals surface area contributed by atoms with Crippen molar-refractivity contribution in [3.8, 4) is 0 Å². The normalized spacial score (nSPS) is 28.9. The molecule has 1 aliphatic heterocycles. The van der Waals surface area contributed by atoms with Crippen molar-refractivity contribution in [2.75, 3.05) is 6.54 Å². The number of hydrogen-bond acceptors (Lipinski definition) is 3. The second-order valence-electron chi connectivity index (χ2n) is 5.72. The number of carbonyl (C=O) groups is 2. The number of ether oxygens (including phenoxy) is 1. The highest BCUT2D eigenvalue weighted by molar-refractivity contribution is 5.80. The number of carboxylic acid groups (broad SMARTS) is 1. The number of aliphatic carboxylic acids is 1. The van der Waals surface area contributed by atoms with Gasteiger partial charge >= 0.3 is 12.1 Å². The fourth-order valence-corrected chi connectivity index (χ4v) is 1.88. The van der Waals surface area contributed by atoms with E-state index in [9.17, 15) is 14.0 Å². The zero-order valence-electron chi connectivity index (χ0n) is 11.1. The Morgan fingerprint density at radius 2 is 1.94 bits per heavy atom. The molecule has 0 bridgehead atoms. The van der Waals surface area contributed by atoms with Crippen LogP contribution in [0.25, 0.3) is 0 Å². The quantitative estimate of drug-likeness (QED) is 0.784. The summed E-state index contributed by atoms with van der Waals surface area (Å²) in [6.07, 6.45) is -2.09. The van der Waals surface area contributed by atoms with Gasteiger partial charge in [-0.3, -0.25) is 4.90 Å². The lowest BCUT2D eigenvalue weighted by atomic mass is 9.92. The number of hydrogen-bond donors (Lipinski definition) is 1. The van der Waals surface area contributed by atoms with Crippen LogP contribution in [0.2, 0.25) is 0 Å². The van der Waals surface area contributed by atoms with Crippen LogP contribution in [0.15, 0.2) is 0 Å². The molecule has 1 rings (SSSR count). The molecule has 1 N–H and O–H groups in total. The molecule has 104 valence electrons. The first kappa shape index (κ1) is 14.7. The fraction of sp³-hybridized carbons (Fsp3) is 0.833. The number of nitrogens with zero attached hydrogens (tertiary/aromatic N) is 1. The minimum absolute atomic E-state index is 0.0625. The number of halogens is 1. The molecule has 0 aliphatic carbocycles. The molecule has 1 amide bonds. The molecular weight excluding hydrogens is 241 g/mol. The van der Waals surface area contributed by atoms with E-state index in [4.69, 9.17) is 9.84 Å². The highest BCUT2D eigenvalue weighted by Crippen LogP contribution is 2.26. The van der Waals surface area contributed by atoms with E-state index in [1.807, 2.05) is 0 Å². The molecule has 1 aliphatic rings. The lowest BCUT2D eigenvalue weighted by Crippen LogP contribution is -2.54. The zero-order valence-corrected chi connectivity index (χ0v) is 11.1. The van der Waals surface area contributed by atoms with Gasteiger partial charge < -0.3 is 9.84 Å². The Hall–Kier alpha value is -1.33. The maximum absolute atomic E-state index is 13.5. The lowest BCUT2D eigenvalue weighted by Gasteiger charge is -2.38. The smallest absolute Gasteiger partial charge is 0.411 e. The highest BCUT2D eigenvalue weighted by Gasteiger charge is 2.41. The first-order chi connectivity index (χ1) is 8.11. The third-order valence-electron chi connectivity index (χ3n) is 2.84. The monoisotopic (exact) mass is 261 g/mol. The lowest BCUT2D eigenvalue weighted by molar-refractivity contribution is -0.146. The molecule has 1 heterocycles. The van der Waals surface area contributed by atoms with Crippen LogP contribution >= 0.6 is 0 Å². The molecule has 6 heteroatoms. The predicted molar refractivity (Wildman–Crippen MR) is 63.0 cm³/mol. The SMILES string of the molecule is CC1CN(C(=O)OC(C)(C)C)C(C(=O)O)CC1F. The molecule has 0 aromatic rings. The van der Waals surface area contributed by atoms with E-state index in [1.165, 1.54) is 0 Å². The molecule has 1 fully saturated rings. The largest absolute Gasteiger partial charge is 0.480 e. The van der Waals surface area contributed by atoms with E-state index in [-0.39, 0.29) is 18.9 Å². The number of likely N-dealkylation sites (tertiary alicyclic amines) is 1. The van der Waals surface area contributed by atoms with Gasteiger partial charge in [0.1, 0.15) is 17.8 Å². The Morgan fingerprint density at radius 1 is 1.39 bits per heavy atom. The van der Waals surface area contributed by atoms with Gasteiger partial charge in [0.25, 0.3) is 0 Å². The van der Waals surface area contributed by atoms with Crippen LogP contribution in [0.1, 0.15) is 34.1 Å². The fourth-order valence-electron chi connectivity index (χ4n) is 1.88. The Morgan fingerprint density at radius 3 is 2.39 bits per heavy atom. The van der Waals surface area contributed by atoms with Crippen molar-refractivity contribution in [2.45, 2.75) is 51.9 Å². The van der Waals surface area contributed by atoms with Crippen molar-refractivity contribution in [3.63, 3.8) is 0 Å². The van der Waals surface area contributed by atoms with E-state index >= 15 is 0 Å². The van der Waals surface area contributed by atoms with E-state index in [0.717, 1.165) is 4.90 Å². The van der Waals surface area contributed by atoms with Gasteiger partial charge in [0.05, 0.1) is 0 Å². The second-order valence-corrected chi connectivity index (χ2v) is 5.72. The number of alkyl halides is 1. The molecule has 0 spiro atoms. The minimum atomic E-state index is -1.20. The number of piperidine rings is 1. The van der Waals surface area contributed by atoms with Crippen molar-refractivity contribution >= 4 is 12.1 Å². The maximum Gasteiger partial charge on any atom is 0.411 e. The third kappa shape index (κ3) is 3.58. The Kier molecular flexibility index (Phi) is 4.19. The summed E-state index contributed by atoms with van der Waals surface area (Å²) < 4.78 is 18.7. The number of carboxylic acids is 1. The van der Waals surface area contributed by atoms with Gasteiger partial charge in [0.15, 0.2) is 0 Å². The standard InChI is InChI=1S/C12H20FNO4/c1-7-6-14(11(17)18-12(2,3)4)9(10(15)16)5-8(7)13/h7-9H,5-6H2,1-4H3,(H,15,16). The van der Waals surface area contributed by atoms with E-state index < -0.39 is 29.9 Å². The van der Waals surface area contributed by atoms with E-state index in [0.29, 0.717) is 0 Å². The van der Waals surface area contributed by atoms with Crippen LogP contribution in [0.4, 0.5) is 9.18 Å². The second kappa shape index (κ2) is 5.12. The summed E-state index contributed by atoms with van der Waals surface area (Å²) in [7, 11) is 0. The van der Waals surface area contributed by atoms with Gasteiger partial charge in [-0.15, -0.1) is 0 Å². The van der Waals surface area contributed by atoms with Crippen LogP contribution in [0.3, 0.4) is 0 Å². The molecule has 0 aromatic heterocycles. The maximum atomic E-state index is 13.5. The predicted octanol–water partition coefficient (Wildman–Crippen LogP) is 2.05. The molecule has 0 radical (unpaired) electrons. The molecule has 18 heavy (non-hydrogen) atoms. The minimum Gasteiger partial charge on any atom is -0.480 e. The van der Waals surface area contributed by atoms with E-state index in [1.54, 1.807) is 27.7 Å². The Balaban J connectivity index is 2.82. The molecule has 0 aromatic carbocycles. The van der Waals surface area contributed by atoms with Gasteiger partial charge in [0.2, 0.25) is 0 Å². The summed E-state index contributed by atoms with van der Waals surface area (Å²) in [4.78, 5) is 24.1. The summed E-state index contributed by atoms with van der Waals surface area (Å²) in [6, 6.07) is -1.15. The average molecular weight is 261 g/mol. The summed E-state index contributed by atoms with van der Waals surface area (Å²) in [5, 5.41) is 9.04. The summed E-state index contributed by atoms with van der Waals surface area (Å²) >= 11 is 0. The molecular formula is C12H20FNO4. The molecule has 5 nitrogen and oxygen atoms in total. The first-order valence-corrected chi connectivity index (χ1v) is 5.98. The van der Waals surface area contributed by atoms with Gasteiger partial charge in [0, 0.05) is 18.9 Å². The van der Waals surface area contributed by atoms with Crippen LogP contribution in [0.5, 0.6) is 0 Å². The first-order valence-electron chi connectivity index (χ1n) is 5.98. The summed E-state index contributed by atoms with van der Waals surface area (Å²) in [6.45, 7) is 6.82. The summed E-state index contributed by atoms with van der Waals surface area (Å²) in [5.41, 5.74) is -0.698. The van der Waals surface area contributed by atoms with Gasteiger partial charge in [-0.1, -0.05) is 6.92 Å². The van der Waals surface area contributed by atoms with Crippen LogP contribution in [-0.4, -0.2) is 46.4 Å². The van der Waals surface area contributed by atoms with Crippen molar-refractivity contribution < 1.29 is 23.8 Å². The number of amides is 1. The molecule has 0 saturated carbocycles. The zero-order chi connectivity index (χ0) is 14.1. The number of rotatable bonds is 1. The van der Waals surface area contributed by atoms with Crippen molar-refractivity contribution in [1.82, 2.24) is 4.90 Å². The van der Waals surface area contributed by atoms with Crippen molar-refractivity contribution in [1.29, 1.82) is 0 Å². The van der Waals surface area contributed by atoms with Crippen molar-refractivity contribution in [2.24, 2.45) is 5.92 Å². The van der Waals surface area contributed by atoms with Crippen LogP contribution < -0.4 is 0 Å². The highest BCUT2D eigenvalue weighted by atomic mass is 19.1. The third-order valence-corrected chi connectivity index (χ3v) is 2.84. The average Bonchev–Trinajstić information content (AvgIpc) is 2.18. The molecule has 1 saturated heterocycles.